The van der Waals surface area contributed by atoms with E-state index in [2.05, 4.69) is 5.32 Å². The molecule has 4 rings (SSSR count). The molecular formula is C30H33Cl2N3O3. The molecule has 3 aromatic carbocycles. The van der Waals surface area contributed by atoms with Gasteiger partial charge in [0.2, 0.25) is 11.8 Å². The van der Waals surface area contributed by atoms with Gasteiger partial charge in [-0.3, -0.25) is 14.4 Å². The van der Waals surface area contributed by atoms with Crippen LogP contribution in [0.3, 0.4) is 0 Å². The molecule has 2 unspecified atom stereocenters. The summed E-state index contributed by atoms with van der Waals surface area (Å²) in [5, 5.41) is 5.94. The SMILES string of the molecule is CCC(C)NC(=O)C(CC)N(Cc1ccc(Cl)cc1Cl)C(=O)CCCN1C(=O)c2cccc3cccc1c23. The number of carbonyl (C=O) groups excluding carboxylic acids is 3. The number of hydrogen-bond acceptors (Lipinski definition) is 3. The van der Waals surface area contributed by atoms with Crippen molar-refractivity contribution in [2.75, 3.05) is 11.4 Å². The van der Waals surface area contributed by atoms with Crippen molar-refractivity contribution in [3.8, 4) is 0 Å². The van der Waals surface area contributed by atoms with Gasteiger partial charge in [0.15, 0.2) is 0 Å². The number of rotatable bonds is 11. The average molecular weight is 555 g/mol. The van der Waals surface area contributed by atoms with Gasteiger partial charge < -0.3 is 15.1 Å². The zero-order valence-corrected chi connectivity index (χ0v) is 23.5. The molecule has 0 saturated heterocycles. The molecule has 0 spiro atoms. The molecule has 3 aromatic rings. The maximum atomic E-state index is 13.6. The topological polar surface area (TPSA) is 69.7 Å². The van der Waals surface area contributed by atoms with Crippen molar-refractivity contribution in [2.45, 2.75) is 65.1 Å². The molecule has 1 heterocycles. The van der Waals surface area contributed by atoms with Crippen LogP contribution in [0.2, 0.25) is 10.0 Å². The van der Waals surface area contributed by atoms with Crippen molar-refractivity contribution < 1.29 is 14.4 Å². The van der Waals surface area contributed by atoms with Gasteiger partial charge in [0.05, 0.1) is 5.69 Å². The highest BCUT2D eigenvalue weighted by molar-refractivity contribution is 6.35. The van der Waals surface area contributed by atoms with Crippen LogP contribution in [0.4, 0.5) is 5.69 Å². The Morgan fingerprint density at radius 1 is 1.03 bits per heavy atom. The van der Waals surface area contributed by atoms with Crippen LogP contribution in [0.15, 0.2) is 54.6 Å². The van der Waals surface area contributed by atoms with Gasteiger partial charge in [0.25, 0.3) is 5.91 Å². The summed E-state index contributed by atoms with van der Waals surface area (Å²) in [6, 6.07) is 16.1. The molecule has 0 bridgehead atoms. The summed E-state index contributed by atoms with van der Waals surface area (Å²) in [5.41, 5.74) is 2.28. The Balaban J connectivity index is 1.51. The summed E-state index contributed by atoms with van der Waals surface area (Å²) in [4.78, 5) is 43.3. The molecule has 0 aromatic heterocycles. The third-order valence-electron chi connectivity index (χ3n) is 7.16. The van der Waals surface area contributed by atoms with Gasteiger partial charge in [-0.15, -0.1) is 0 Å². The lowest BCUT2D eigenvalue weighted by Crippen LogP contribution is -2.50. The number of amides is 3. The van der Waals surface area contributed by atoms with Crippen molar-refractivity contribution >= 4 is 57.4 Å². The Morgan fingerprint density at radius 2 is 1.76 bits per heavy atom. The molecule has 3 amide bonds. The zero-order chi connectivity index (χ0) is 27.4. The molecule has 0 fully saturated rings. The van der Waals surface area contributed by atoms with Crippen LogP contribution in [-0.2, 0) is 16.1 Å². The minimum Gasteiger partial charge on any atom is -0.352 e. The first-order valence-electron chi connectivity index (χ1n) is 13.1. The first kappa shape index (κ1) is 27.9. The van der Waals surface area contributed by atoms with Crippen molar-refractivity contribution in [1.29, 1.82) is 0 Å². The lowest BCUT2D eigenvalue weighted by atomic mass is 10.1. The predicted octanol–water partition coefficient (Wildman–Crippen LogP) is 6.61. The van der Waals surface area contributed by atoms with Gasteiger partial charge in [-0.2, -0.15) is 0 Å². The van der Waals surface area contributed by atoms with E-state index in [1.165, 1.54) is 0 Å². The first-order valence-corrected chi connectivity index (χ1v) is 13.9. The Morgan fingerprint density at radius 3 is 2.45 bits per heavy atom. The van der Waals surface area contributed by atoms with Crippen LogP contribution in [-0.4, -0.2) is 41.2 Å². The van der Waals surface area contributed by atoms with E-state index < -0.39 is 6.04 Å². The van der Waals surface area contributed by atoms with E-state index >= 15 is 0 Å². The van der Waals surface area contributed by atoms with E-state index in [9.17, 15) is 14.4 Å². The van der Waals surface area contributed by atoms with Crippen LogP contribution in [0.1, 0.15) is 62.4 Å². The fourth-order valence-corrected chi connectivity index (χ4v) is 5.40. The third kappa shape index (κ3) is 5.82. The maximum Gasteiger partial charge on any atom is 0.258 e. The van der Waals surface area contributed by atoms with Crippen LogP contribution in [0, 0.1) is 0 Å². The highest BCUT2D eigenvalue weighted by Gasteiger charge is 2.31. The first-order chi connectivity index (χ1) is 18.2. The summed E-state index contributed by atoms with van der Waals surface area (Å²) in [6.07, 6.45) is 1.90. The minimum atomic E-state index is -0.644. The molecule has 1 N–H and O–H groups in total. The average Bonchev–Trinajstić information content (AvgIpc) is 3.17. The van der Waals surface area contributed by atoms with Crippen molar-refractivity contribution in [2.24, 2.45) is 0 Å². The second-order valence-electron chi connectivity index (χ2n) is 9.74. The Hall–Kier alpha value is -3.09. The van der Waals surface area contributed by atoms with Gasteiger partial charge in [-0.1, -0.05) is 67.4 Å². The number of anilines is 1. The predicted molar refractivity (Wildman–Crippen MR) is 154 cm³/mol. The molecule has 2 atom stereocenters. The summed E-state index contributed by atoms with van der Waals surface area (Å²) >= 11 is 12.5. The molecule has 8 heteroatoms. The van der Waals surface area contributed by atoms with Gasteiger partial charge in [0, 0.05) is 46.5 Å². The number of benzene rings is 3. The second kappa shape index (κ2) is 12.2. The molecule has 200 valence electrons. The smallest absolute Gasteiger partial charge is 0.258 e. The van der Waals surface area contributed by atoms with Crippen LogP contribution in [0.5, 0.6) is 0 Å². The molecule has 38 heavy (non-hydrogen) atoms. The number of nitrogens with one attached hydrogen (secondary N) is 1. The molecular weight excluding hydrogens is 521 g/mol. The Labute approximate surface area is 233 Å². The number of halogens is 2. The summed E-state index contributed by atoms with van der Waals surface area (Å²) in [6.45, 7) is 6.43. The van der Waals surface area contributed by atoms with Crippen molar-refractivity contribution in [1.82, 2.24) is 10.2 Å². The maximum absolute atomic E-state index is 13.6. The van der Waals surface area contributed by atoms with E-state index in [1.54, 1.807) is 28.0 Å². The molecule has 1 aliphatic heterocycles. The Bertz CT molecular complexity index is 1350. The van der Waals surface area contributed by atoms with Gasteiger partial charge in [-0.25, -0.2) is 0 Å². The van der Waals surface area contributed by atoms with Crippen LogP contribution < -0.4 is 10.2 Å². The van der Waals surface area contributed by atoms with Crippen molar-refractivity contribution in [3.63, 3.8) is 0 Å². The molecule has 1 aliphatic rings. The van der Waals surface area contributed by atoms with Crippen LogP contribution >= 0.6 is 23.2 Å². The molecule has 0 saturated carbocycles. The Kier molecular flexibility index (Phi) is 8.95. The zero-order valence-electron chi connectivity index (χ0n) is 22.0. The fourth-order valence-electron chi connectivity index (χ4n) is 4.93. The molecule has 0 radical (unpaired) electrons. The third-order valence-corrected chi connectivity index (χ3v) is 7.75. The van der Waals surface area contributed by atoms with E-state index in [4.69, 9.17) is 23.2 Å². The van der Waals surface area contributed by atoms with Gasteiger partial charge >= 0.3 is 0 Å². The fraction of sp³-hybridized carbons (Fsp3) is 0.367. The number of nitrogens with zero attached hydrogens (tertiary/aromatic N) is 2. The quantitative estimate of drug-likeness (QED) is 0.290. The van der Waals surface area contributed by atoms with Gasteiger partial charge in [-0.05, 0) is 61.4 Å². The van der Waals surface area contributed by atoms with Crippen molar-refractivity contribution in [3.05, 3.63) is 75.8 Å². The highest BCUT2D eigenvalue weighted by Crippen LogP contribution is 2.37. The summed E-state index contributed by atoms with van der Waals surface area (Å²) in [7, 11) is 0. The monoisotopic (exact) mass is 553 g/mol. The van der Waals surface area contributed by atoms with E-state index in [0.29, 0.717) is 35.0 Å². The normalized spacial score (nSPS) is 14.0. The van der Waals surface area contributed by atoms with Crippen LogP contribution in [0.25, 0.3) is 10.8 Å². The highest BCUT2D eigenvalue weighted by atomic mass is 35.5. The molecule has 6 nitrogen and oxygen atoms in total. The van der Waals surface area contributed by atoms with Gasteiger partial charge in [0.1, 0.15) is 6.04 Å². The lowest BCUT2D eigenvalue weighted by molar-refractivity contribution is -0.141. The number of carbonyl (C=O) groups is 3. The van der Waals surface area contributed by atoms with E-state index in [-0.39, 0.29) is 36.7 Å². The lowest BCUT2D eigenvalue weighted by Gasteiger charge is -2.32. The van der Waals surface area contributed by atoms with E-state index in [0.717, 1.165) is 28.4 Å². The van der Waals surface area contributed by atoms with E-state index in [1.807, 2.05) is 57.2 Å². The number of hydrogen-bond donors (Lipinski definition) is 1. The minimum absolute atomic E-state index is 0.00172. The second-order valence-corrected chi connectivity index (χ2v) is 10.6. The largest absolute Gasteiger partial charge is 0.352 e. The summed E-state index contributed by atoms with van der Waals surface area (Å²) in [5.74, 6) is -0.393. The standard InChI is InChI=1S/C30H33Cl2N3O3/c1-4-19(3)33-29(37)25(5-2)35(18-21-14-15-22(31)17-24(21)32)27(36)13-8-16-34-26-12-7-10-20-9-6-11-23(28(20)26)30(34)38/h6-7,9-12,14-15,17,19,25H,4-5,8,13,16,18H2,1-3H3,(H,33,37). The summed E-state index contributed by atoms with van der Waals surface area (Å²) < 4.78 is 0. The molecule has 0 aliphatic carbocycles.